The molecular formula is C11H16F2N2O3S. The van der Waals surface area contributed by atoms with Crippen LogP contribution in [0.4, 0.5) is 8.78 Å². The molecule has 0 aliphatic heterocycles. The van der Waals surface area contributed by atoms with Crippen molar-refractivity contribution in [2.24, 2.45) is 5.73 Å². The van der Waals surface area contributed by atoms with Crippen LogP contribution >= 0.6 is 0 Å². The number of nitrogens with one attached hydrogen (secondary N) is 1. The van der Waals surface area contributed by atoms with Gasteiger partial charge in [-0.2, -0.15) is 0 Å². The van der Waals surface area contributed by atoms with Crippen LogP contribution in [0, 0.1) is 0 Å². The van der Waals surface area contributed by atoms with E-state index >= 15 is 0 Å². The number of rotatable bonds is 8. The molecule has 0 radical (unpaired) electrons. The molecule has 3 N–H and O–H groups in total. The smallest absolute Gasteiger partial charge is 0.251 e. The number of alkyl halides is 2. The van der Waals surface area contributed by atoms with Gasteiger partial charge in [0.25, 0.3) is 6.43 Å². The first kappa shape index (κ1) is 15.8. The van der Waals surface area contributed by atoms with Gasteiger partial charge in [-0.3, -0.25) is 0 Å². The lowest BCUT2D eigenvalue weighted by Crippen LogP contribution is -2.28. The second-order valence-electron chi connectivity index (χ2n) is 3.71. The van der Waals surface area contributed by atoms with E-state index in [0.29, 0.717) is 25.3 Å². The minimum atomic E-state index is -3.90. The summed E-state index contributed by atoms with van der Waals surface area (Å²) in [5.41, 5.74) is 5.30. The van der Waals surface area contributed by atoms with Gasteiger partial charge in [0.2, 0.25) is 10.0 Å². The van der Waals surface area contributed by atoms with Crippen molar-refractivity contribution in [2.45, 2.75) is 17.7 Å². The number of hydrogen-bond acceptors (Lipinski definition) is 4. The van der Waals surface area contributed by atoms with Crippen LogP contribution in [0.1, 0.15) is 6.42 Å². The fourth-order valence-corrected chi connectivity index (χ4v) is 2.25. The van der Waals surface area contributed by atoms with Crippen molar-refractivity contribution in [2.75, 3.05) is 19.7 Å². The Hall–Kier alpha value is -1.25. The van der Waals surface area contributed by atoms with Crippen molar-refractivity contribution in [1.29, 1.82) is 0 Å². The Morgan fingerprint density at radius 3 is 2.42 bits per heavy atom. The Bertz CT molecular complexity index is 477. The van der Waals surface area contributed by atoms with Gasteiger partial charge >= 0.3 is 0 Å². The molecule has 1 aromatic carbocycles. The Labute approximate surface area is 110 Å². The first-order chi connectivity index (χ1) is 8.95. The molecule has 1 aromatic rings. The van der Waals surface area contributed by atoms with Crippen LogP contribution in [0.15, 0.2) is 29.2 Å². The van der Waals surface area contributed by atoms with Gasteiger partial charge in [-0.15, -0.1) is 0 Å². The number of benzene rings is 1. The maximum Gasteiger partial charge on any atom is 0.251 e. The molecule has 0 unspecified atom stereocenters. The highest BCUT2D eigenvalue weighted by Crippen LogP contribution is 2.16. The first-order valence-electron chi connectivity index (χ1n) is 5.66. The van der Waals surface area contributed by atoms with Crippen LogP contribution in [0.25, 0.3) is 0 Å². The van der Waals surface area contributed by atoms with E-state index < -0.39 is 23.0 Å². The summed E-state index contributed by atoms with van der Waals surface area (Å²) in [4.78, 5) is -0.0840. The van der Waals surface area contributed by atoms with E-state index in [1.165, 1.54) is 24.3 Å². The van der Waals surface area contributed by atoms with Gasteiger partial charge in [-0.25, -0.2) is 21.9 Å². The molecule has 0 saturated carbocycles. The van der Waals surface area contributed by atoms with Crippen LogP contribution in [0.5, 0.6) is 5.75 Å². The molecule has 5 nitrogen and oxygen atoms in total. The van der Waals surface area contributed by atoms with E-state index in [1.807, 2.05) is 4.72 Å². The average molecular weight is 294 g/mol. The zero-order valence-electron chi connectivity index (χ0n) is 10.2. The summed E-state index contributed by atoms with van der Waals surface area (Å²) in [6, 6.07) is 5.53. The third kappa shape index (κ3) is 5.50. The maximum absolute atomic E-state index is 12.0. The minimum Gasteiger partial charge on any atom is -0.494 e. The van der Waals surface area contributed by atoms with E-state index in [1.54, 1.807) is 0 Å². The zero-order valence-corrected chi connectivity index (χ0v) is 11.0. The van der Waals surface area contributed by atoms with Gasteiger partial charge in [0.05, 0.1) is 18.0 Å². The van der Waals surface area contributed by atoms with Gasteiger partial charge in [-0.05, 0) is 37.2 Å². The summed E-state index contributed by atoms with van der Waals surface area (Å²) in [6.45, 7) is 0.0350. The number of halogens is 2. The molecule has 1 rings (SSSR count). The molecule has 0 aliphatic carbocycles. The third-order valence-electron chi connectivity index (χ3n) is 2.18. The average Bonchev–Trinajstić information content (AvgIpc) is 2.37. The lowest BCUT2D eigenvalue weighted by Gasteiger charge is -2.08. The molecule has 0 heterocycles. The topological polar surface area (TPSA) is 81.4 Å². The van der Waals surface area contributed by atoms with Gasteiger partial charge in [0.1, 0.15) is 5.75 Å². The maximum atomic E-state index is 12.0. The summed E-state index contributed by atoms with van der Waals surface area (Å²) in [6.07, 6.45) is -2.04. The molecule has 0 atom stereocenters. The highest BCUT2D eigenvalue weighted by molar-refractivity contribution is 7.89. The summed E-state index contributed by atoms with van der Waals surface area (Å²) in [7, 11) is -3.90. The third-order valence-corrected chi connectivity index (χ3v) is 3.62. The molecule has 0 aliphatic rings. The van der Waals surface area contributed by atoms with Crippen LogP contribution in [-0.2, 0) is 10.0 Å². The molecule has 0 saturated heterocycles. The Morgan fingerprint density at radius 2 is 1.89 bits per heavy atom. The monoisotopic (exact) mass is 294 g/mol. The van der Waals surface area contributed by atoms with Crippen molar-refractivity contribution in [3.05, 3.63) is 24.3 Å². The summed E-state index contributed by atoms with van der Waals surface area (Å²) in [5, 5.41) is 0. The number of hydrogen-bond donors (Lipinski definition) is 2. The van der Waals surface area contributed by atoms with Crippen molar-refractivity contribution in [3.8, 4) is 5.75 Å². The van der Waals surface area contributed by atoms with Crippen molar-refractivity contribution in [3.63, 3.8) is 0 Å². The van der Waals surface area contributed by atoms with Gasteiger partial charge in [0, 0.05) is 0 Å². The van der Waals surface area contributed by atoms with Crippen LogP contribution in [0.3, 0.4) is 0 Å². The second kappa shape index (κ2) is 7.37. The fourth-order valence-electron chi connectivity index (χ4n) is 1.24. The van der Waals surface area contributed by atoms with Gasteiger partial charge in [0.15, 0.2) is 0 Å². The Morgan fingerprint density at radius 1 is 1.26 bits per heavy atom. The second-order valence-corrected chi connectivity index (χ2v) is 5.47. The standard InChI is InChI=1S/C11H16F2N2O3S/c12-11(13)8-15-19(16,17)10-4-2-9(3-5-10)18-7-1-6-14/h2-5,11,15H,1,6-8,14H2. The van der Waals surface area contributed by atoms with E-state index in [0.717, 1.165) is 0 Å². The zero-order chi connectivity index (χ0) is 14.3. The van der Waals surface area contributed by atoms with Crippen molar-refractivity contribution >= 4 is 10.0 Å². The lowest BCUT2D eigenvalue weighted by atomic mass is 10.3. The highest BCUT2D eigenvalue weighted by atomic mass is 32.2. The van der Waals surface area contributed by atoms with Gasteiger partial charge in [-0.1, -0.05) is 0 Å². The molecule has 0 fully saturated rings. The first-order valence-corrected chi connectivity index (χ1v) is 7.15. The van der Waals surface area contributed by atoms with E-state index in [9.17, 15) is 17.2 Å². The summed E-state index contributed by atoms with van der Waals surface area (Å²) >= 11 is 0. The number of nitrogens with two attached hydrogens (primary N) is 1. The lowest BCUT2D eigenvalue weighted by molar-refractivity contribution is 0.153. The number of ether oxygens (including phenoxy) is 1. The van der Waals surface area contributed by atoms with E-state index in [2.05, 4.69) is 0 Å². The summed E-state index contributed by atoms with van der Waals surface area (Å²) in [5.74, 6) is 0.501. The molecule has 108 valence electrons. The van der Waals surface area contributed by atoms with E-state index in [-0.39, 0.29) is 4.90 Å². The normalized spacial score (nSPS) is 11.8. The Kier molecular flexibility index (Phi) is 6.13. The molecule has 19 heavy (non-hydrogen) atoms. The van der Waals surface area contributed by atoms with Crippen LogP contribution in [-0.4, -0.2) is 34.5 Å². The van der Waals surface area contributed by atoms with Crippen molar-refractivity contribution < 1.29 is 21.9 Å². The predicted octanol–water partition coefficient (Wildman–Crippen LogP) is 0.958. The van der Waals surface area contributed by atoms with Crippen molar-refractivity contribution in [1.82, 2.24) is 4.72 Å². The predicted molar refractivity (Wildman–Crippen MR) is 66.8 cm³/mol. The molecule has 0 aromatic heterocycles. The van der Waals surface area contributed by atoms with Crippen LogP contribution < -0.4 is 15.2 Å². The number of sulfonamides is 1. The molecule has 0 amide bonds. The highest BCUT2D eigenvalue weighted by Gasteiger charge is 2.15. The largest absolute Gasteiger partial charge is 0.494 e. The minimum absolute atomic E-state index is 0.0840. The Balaban J connectivity index is 2.64. The van der Waals surface area contributed by atoms with E-state index in [4.69, 9.17) is 10.5 Å². The quantitative estimate of drug-likeness (QED) is 0.700. The van der Waals surface area contributed by atoms with Gasteiger partial charge < -0.3 is 10.5 Å². The SMILES string of the molecule is NCCCOc1ccc(S(=O)(=O)NCC(F)F)cc1. The summed E-state index contributed by atoms with van der Waals surface area (Å²) < 4.78 is 54.2. The molecular weight excluding hydrogens is 278 g/mol. The fraction of sp³-hybridized carbons (Fsp3) is 0.455. The molecule has 0 spiro atoms. The van der Waals surface area contributed by atoms with Crippen LogP contribution in [0.2, 0.25) is 0 Å². The molecule has 0 bridgehead atoms. The molecule has 8 heteroatoms.